The smallest absolute Gasteiger partial charge is 0.252 e. The summed E-state index contributed by atoms with van der Waals surface area (Å²) < 4.78 is 1.62. The van der Waals surface area contributed by atoms with E-state index in [1.165, 1.54) is 6.33 Å². The highest BCUT2D eigenvalue weighted by Gasteiger charge is 2.12. The first-order chi connectivity index (χ1) is 9.70. The van der Waals surface area contributed by atoms with E-state index in [0.29, 0.717) is 11.2 Å². The molecule has 3 aromatic rings. The third-order valence-electron chi connectivity index (χ3n) is 3.16. The lowest BCUT2D eigenvalue weighted by molar-refractivity contribution is 0.100. The monoisotopic (exact) mass is 267 g/mol. The van der Waals surface area contributed by atoms with Crippen LogP contribution in [0, 0.1) is 0 Å². The van der Waals surface area contributed by atoms with Crippen molar-refractivity contribution in [2.75, 3.05) is 12.4 Å². The molecule has 0 spiro atoms. The molecule has 3 N–H and O–H groups in total. The molecule has 0 aliphatic carbocycles. The molecule has 0 aliphatic heterocycles. The number of carbonyl (C=O) groups excluding carboxylic acids is 1. The second kappa shape index (κ2) is 4.65. The van der Waals surface area contributed by atoms with Crippen LogP contribution in [0.3, 0.4) is 0 Å². The Morgan fingerprint density at radius 2 is 1.95 bits per heavy atom. The zero-order valence-corrected chi connectivity index (χ0v) is 10.9. The van der Waals surface area contributed by atoms with Crippen LogP contribution in [0.25, 0.3) is 16.9 Å². The molecule has 2 aromatic heterocycles. The summed E-state index contributed by atoms with van der Waals surface area (Å²) in [5.41, 5.74) is 9.02. The molecule has 0 bridgehead atoms. The van der Waals surface area contributed by atoms with E-state index in [9.17, 15) is 4.79 Å². The van der Waals surface area contributed by atoms with E-state index in [1.54, 1.807) is 10.6 Å². The molecular formula is C14H13N5O. The molecule has 2 heterocycles. The Labute approximate surface area is 115 Å². The van der Waals surface area contributed by atoms with Crippen molar-refractivity contribution in [1.82, 2.24) is 14.6 Å². The standard InChI is InChI=1S/C14H13N5O/c1-16-10-4-2-9(3-5-10)12-7-6-11(13(15)20)14-17-8-18-19(12)14/h2-8,16H,1H3,(H2,15,20). The normalized spacial score (nSPS) is 10.7. The van der Waals surface area contributed by atoms with E-state index in [2.05, 4.69) is 15.4 Å². The molecule has 0 radical (unpaired) electrons. The number of nitrogens with one attached hydrogen (secondary N) is 1. The lowest BCUT2D eigenvalue weighted by Gasteiger charge is -2.07. The van der Waals surface area contributed by atoms with Gasteiger partial charge in [0.2, 0.25) is 0 Å². The minimum atomic E-state index is -0.514. The Hall–Kier alpha value is -2.89. The van der Waals surface area contributed by atoms with Crippen molar-refractivity contribution in [3.63, 3.8) is 0 Å². The van der Waals surface area contributed by atoms with Gasteiger partial charge in [0.1, 0.15) is 6.33 Å². The van der Waals surface area contributed by atoms with E-state index in [-0.39, 0.29) is 0 Å². The average Bonchev–Trinajstić information content (AvgIpc) is 2.95. The zero-order valence-electron chi connectivity index (χ0n) is 10.9. The van der Waals surface area contributed by atoms with Crippen molar-refractivity contribution < 1.29 is 4.79 Å². The highest BCUT2D eigenvalue weighted by atomic mass is 16.1. The molecule has 0 aliphatic rings. The molecule has 1 aromatic carbocycles. The number of aromatic nitrogens is 3. The van der Waals surface area contributed by atoms with Gasteiger partial charge in [0, 0.05) is 18.3 Å². The minimum Gasteiger partial charge on any atom is -0.388 e. The second-order valence-electron chi connectivity index (χ2n) is 4.32. The Balaban J connectivity index is 2.19. The van der Waals surface area contributed by atoms with E-state index >= 15 is 0 Å². The number of fused-ring (bicyclic) bond motifs is 1. The van der Waals surface area contributed by atoms with Crippen molar-refractivity contribution >= 4 is 17.2 Å². The van der Waals surface area contributed by atoms with Crippen molar-refractivity contribution in [3.8, 4) is 11.3 Å². The summed E-state index contributed by atoms with van der Waals surface area (Å²) in [6.45, 7) is 0. The highest BCUT2D eigenvalue weighted by molar-refractivity contribution is 5.99. The number of pyridine rings is 1. The van der Waals surface area contributed by atoms with E-state index in [1.807, 2.05) is 37.4 Å². The van der Waals surface area contributed by atoms with Crippen LogP contribution in [-0.2, 0) is 0 Å². The summed E-state index contributed by atoms with van der Waals surface area (Å²) in [5, 5.41) is 7.23. The molecule has 0 saturated heterocycles. The van der Waals surface area contributed by atoms with E-state index < -0.39 is 5.91 Å². The van der Waals surface area contributed by atoms with Crippen LogP contribution in [0.4, 0.5) is 5.69 Å². The molecule has 20 heavy (non-hydrogen) atoms. The fourth-order valence-electron chi connectivity index (χ4n) is 2.13. The third kappa shape index (κ3) is 1.87. The number of hydrogen-bond acceptors (Lipinski definition) is 4. The predicted molar refractivity (Wildman–Crippen MR) is 76.5 cm³/mol. The molecule has 0 saturated carbocycles. The fourth-order valence-corrected chi connectivity index (χ4v) is 2.13. The van der Waals surface area contributed by atoms with Crippen molar-refractivity contribution in [3.05, 3.63) is 48.3 Å². The van der Waals surface area contributed by atoms with Crippen LogP contribution in [0.2, 0.25) is 0 Å². The Morgan fingerprint density at radius 3 is 2.60 bits per heavy atom. The van der Waals surface area contributed by atoms with Crippen LogP contribution < -0.4 is 11.1 Å². The fraction of sp³-hybridized carbons (Fsp3) is 0.0714. The summed E-state index contributed by atoms with van der Waals surface area (Å²) in [5.74, 6) is -0.514. The molecule has 0 atom stereocenters. The number of amides is 1. The lowest BCUT2D eigenvalue weighted by atomic mass is 10.1. The maximum Gasteiger partial charge on any atom is 0.252 e. The molecule has 6 heteroatoms. The Morgan fingerprint density at radius 1 is 1.20 bits per heavy atom. The molecule has 0 unspecified atom stereocenters. The number of primary amides is 1. The number of hydrogen-bond donors (Lipinski definition) is 2. The predicted octanol–water partition coefficient (Wildman–Crippen LogP) is 1.54. The van der Waals surface area contributed by atoms with E-state index in [4.69, 9.17) is 5.73 Å². The number of benzene rings is 1. The maximum absolute atomic E-state index is 11.4. The largest absolute Gasteiger partial charge is 0.388 e. The maximum atomic E-state index is 11.4. The van der Waals surface area contributed by atoms with Crippen molar-refractivity contribution in [2.45, 2.75) is 0 Å². The zero-order chi connectivity index (χ0) is 14.1. The number of anilines is 1. The number of nitrogens with two attached hydrogens (primary N) is 1. The highest BCUT2D eigenvalue weighted by Crippen LogP contribution is 2.23. The van der Waals surface area contributed by atoms with Gasteiger partial charge in [-0.2, -0.15) is 5.10 Å². The number of nitrogens with zero attached hydrogens (tertiary/aromatic N) is 3. The van der Waals surface area contributed by atoms with Crippen LogP contribution in [0.1, 0.15) is 10.4 Å². The summed E-state index contributed by atoms with van der Waals surface area (Å²) in [7, 11) is 1.87. The van der Waals surface area contributed by atoms with Gasteiger partial charge in [-0.15, -0.1) is 0 Å². The van der Waals surface area contributed by atoms with Crippen molar-refractivity contribution in [1.29, 1.82) is 0 Å². The van der Waals surface area contributed by atoms with Gasteiger partial charge < -0.3 is 11.1 Å². The third-order valence-corrected chi connectivity index (χ3v) is 3.16. The van der Waals surface area contributed by atoms with Gasteiger partial charge in [-0.3, -0.25) is 4.79 Å². The van der Waals surface area contributed by atoms with E-state index in [0.717, 1.165) is 16.9 Å². The summed E-state index contributed by atoms with van der Waals surface area (Å²) in [6, 6.07) is 11.4. The molecule has 6 nitrogen and oxygen atoms in total. The first kappa shape index (κ1) is 12.2. The first-order valence-electron chi connectivity index (χ1n) is 6.11. The molecule has 100 valence electrons. The summed E-state index contributed by atoms with van der Waals surface area (Å²) in [4.78, 5) is 15.5. The van der Waals surface area contributed by atoms with Gasteiger partial charge in [0.15, 0.2) is 5.65 Å². The van der Waals surface area contributed by atoms with Crippen LogP contribution in [0.15, 0.2) is 42.7 Å². The molecular weight excluding hydrogens is 254 g/mol. The number of rotatable bonds is 3. The Bertz CT molecular complexity index is 776. The molecule has 3 rings (SSSR count). The lowest BCUT2D eigenvalue weighted by Crippen LogP contribution is -2.13. The van der Waals surface area contributed by atoms with Crippen LogP contribution in [-0.4, -0.2) is 27.6 Å². The molecule has 0 fully saturated rings. The van der Waals surface area contributed by atoms with Gasteiger partial charge in [-0.05, 0) is 24.3 Å². The topological polar surface area (TPSA) is 85.3 Å². The minimum absolute atomic E-state index is 0.359. The second-order valence-corrected chi connectivity index (χ2v) is 4.32. The van der Waals surface area contributed by atoms with Gasteiger partial charge in [0.05, 0.1) is 11.3 Å². The van der Waals surface area contributed by atoms with Gasteiger partial charge in [0.25, 0.3) is 5.91 Å². The van der Waals surface area contributed by atoms with Crippen molar-refractivity contribution in [2.24, 2.45) is 5.73 Å². The SMILES string of the molecule is CNc1ccc(-c2ccc(C(N)=O)c3ncnn23)cc1. The quantitative estimate of drug-likeness (QED) is 0.753. The van der Waals surface area contributed by atoms with Gasteiger partial charge in [-0.25, -0.2) is 9.50 Å². The number of carbonyl (C=O) groups is 1. The Kier molecular flexibility index (Phi) is 2.83. The summed E-state index contributed by atoms with van der Waals surface area (Å²) in [6.07, 6.45) is 1.41. The van der Waals surface area contributed by atoms with Crippen LogP contribution >= 0.6 is 0 Å². The van der Waals surface area contributed by atoms with Crippen LogP contribution in [0.5, 0.6) is 0 Å². The summed E-state index contributed by atoms with van der Waals surface area (Å²) >= 11 is 0. The average molecular weight is 267 g/mol. The molecule has 1 amide bonds. The van der Waals surface area contributed by atoms with Gasteiger partial charge in [-0.1, -0.05) is 12.1 Å². The first-order valence-corrected chi connectivity index (χ1v) is 6.11. The van der Waals surface area contributed by atoms with Gasteiger partial charge >= 0.3 is 0 Å².